The van der Waals surface area contributed by atoms with E-state index in [9.17, 15) is 0 Å². The summed E-state index contributed by atoms with van der Waals surface area (Å²) in [5.74, 6) is 1.25. The highest BCUT2D eigenvalue weighted by Crippen LogP contribution is 2.11. The predicted octanol–water partition coefficient (Wildman–Crippen LogP) is 3.06. The second-order valence-corrected chi connectivity index (χ2v) is 2.90. The smallest absolute Gasteiger partial charge is 0.0265 e. The summed E-state index contributed by atoms with van der Waals surface area (Å²) in [6.07, 6.45) is 4.45. The molecule has 0 N–H and O–H groups in total. The minimum Gasteiger partial charge on any atom is -0.103 e. The third-order valence-electron chi connectivity index (χ3n) is 1.52. The minimum absolute atomic E-state index is 0.590. The lowest BCUT2D eigenvalue weighted by Crippen LogP contribution is -1.93. The van der Waals surface area contributed by atoms with Crippen LogP contribution >= 0.6 is 0 Å². The Labute approximate surface area is 59.0 Å². The molecule has 0 aromatic rings. The van der Waals surface area contributed by atoms with E-state index in [-0.39, 0.29) is 0 Å². The highest BCUT2D eigenvalue weighted by Gasteiger charge is 1.97. The van der Waals surface area contributed by atoms with Crippen LogP contribution in [-0.2, 0) is 0 Å². The van der Waals surface area contributed by atoms with Crippen LogP contribution in [0.5, 0.6) is 0 Å². The average molecular weight is 125 g/mol. The summed E-state index contributed by atoms with van der Waals surface area (Å²) in [6.45, 7) is 12.0. The summed E-state index contributed by atoms with van der Waals surface area (Å²) in [7, 11) is 0. The Kier molecular flexibility index (Phi) is 4.47. The van der Waals surface area contributed by atoms with Gasteiger partial charge in [-0.1, -0.05) is 33.3 Å². The monoisotopic (exact) mass is 125 g/mol. The van der Waals surface area contributed by atoms with Gasteiger partial charge in [-0.05, 0) is 18.3 Å². The zero-order valence-corrected chi connectivity index (χ0v) is 6.56. The van der Waals surface area contributed by atoms with E-state index in [1.54, 1.807) is 0 Å². The van der Waals surface area contributed by atoms with Crippen LogP contribution in [0.2, 0.25) is 0 Å². The fourth-order valence-corrected chi connectivity index (χ4v) is 0.665. The summed E-state index contributed by atoms with van der Waals surface area (Å²) in [5, 5.41) is 0. The van der Waals surface area contributed by atoms with E-state index in [2.05, 4.69) is 27.4 Å². The Morgan fingerprint density at radius 3 is 2.22 bits per heavy atom. The number of hydrogen-bond donors (Lipinski definition) is 0. The fraction of sp³-hybridized carbons (Fsp3) is 0.667. The van der Waals surface area contributed by atoms with Gasteiger partial charge in [0.25, 0.3) is 0 Å². The first-order valence-electron chi connectivity index (χ1n) is 3.62. The summed E-state index contributed by atoms with van der Waals surface area (Å²) in [4.78, 5) is 0. The van der Waals surface area contributed by atoms with Crippen molar-refractivity contribution in [3.8, 4) is 0 Å². The summed E-state index contributed by atoms with van der Waals surface area (Å²) in [6, 6.07) is 0. The first-order valence-corrected chi connectivity index (χ1v) is 3.62. The molecule has 0 aliphatic heterocycles. The van der Waals surface area contributed by atoms with Gasteiger partial charge >= 0.3 is 0 Å². The maximum Gasteiger partial charge on any atom is -0.0265 e. The molecule has 2 atom stereocenters. The number of allylic oxidation sites excluding steroid dienone is 1. The van der Waals surface area contributed by atoms with Crippen LogP contribution in [0.25, 0.3) is 0 Å². The van der Waals surface area contributed by atoms with Crippen molar-refractivity contribution in [2.45, 2.75) is 26.7 Å². The van der Waals surface area contributed by atoms with E-state index >= 15 is 0 Å². The summed E-state index contributed by atoms with van der Waals surface area (Å²) >= 11 is 0. The molecular weight excluding hydrogens is 108 g/mol. The van der Waals surface area contributed by atoms with Crippen molar-refractivity contribution in [1.29, 1.82) is 0 Å². The van der Waals surface area contributed by atoms with Crippen molar-refractivity contribution in [3.05, 3.63) is 19.6 Å². The van der Waals surface area contributed by atoms with Gasteiger partial charge in [0.2, 0.25) is 0 Å². The highest BCUT2D eigenvalue weighted by molar-refractivity contribution is 4.75. The fourth-order valence-electron chi connectivity index (χ4n) is 0.665. The van der Waals surface area contributed by atoms with Crippen molar-refractivity contribution in [2.75, 3.05) is 0 Å². The number of hydrogen-bond acceptors (Lipinski definition) is 0. The zero-order chi connectivity index (χ0) is 7.28. The molecule has 0 heteroatoms. The van der Waals surface area contributed by atoms with Crippen LogP contribution in [0, 0.1) is 18.8 Å². The maximum absolute atomic E-state index is 3.91. The van der Waals surface area contributed by atoms with Gasteiger partial charge in [-0.3, -0.25) is 0 Å². The standard InChI is InChI=1S/C9H17/c1-5-9(4)7-6-8(2)3/h5,8-9H,1-2,6-7H2,3-4H3. The van der Waals surface area contributed by atoms with E-state index in [1.807, 2.05) is 6.08 Å². The molecule has 0 saturated heterocycles. The van der Waals surface area contributed by atoms with Crippen LogP contribution < -0.4 is 0 Å². The zero-order valence-electron chi connectivity index (χ0n) is 6.56. The average Bonchev–Trinajstić information content (AvgIpc) is 1.83. The molecule has 0 saturated carbocycles. The van der Waals surface area contributed by atoms with Crippen LogP contribution in [0.3, 0.4) is 0 Å². The van der Waals surface area contributed by atoms with Crippen molar-refractivity contribution in [1.82, 2.24) is 0 Å². The Bertz CT molecular complexity index is 72.1. The number of rotatable bonds is 4. The maximum atomic E-state index is 3.91. The molecule has 0 aliphatic carbocycles. The van der Waals surface area contributed by atoms with Crippen molar-refractivity contribution < 1.29 is 0 Å². The Morgan fingerprint density at radius 2 is 1.89 bits per heavy atom. The lowest BCUT2D eigenvalue weighted by Gasteiger charge is -2.06. The molecule has 0 aromatic carbocycles. The molecule has 0 amide bonds. The molecular formula is C9H17. The van der Waals surface area contributed by atoms with Crippen LogP contribution in [0.4, 0.5) is 0 Å². The largest absolute Gasteiger partial charge is 0.103 e. The summed E-state index contributed by atoms with van der Waals surface area (Å²) < 4.78 is 0. The second-order valence-electron chi connectivity index (χ2n) is 2.90. The van der Waals surface area contributed by atoms with Crippen molar-refractivity contribution >= 4 is 0 Å². The highest BCUT2D eigenvalue weighted by atomic mass is 14.0. The van der Waals surface area contributed by atoms with Gasteiger partial charge < -0.3 is 0 Å². The summed E-state index contributed by atoms with van der Waals surface area (Å²) in [5.41, 5.74) is 0. The van der Waals surface area contributed by atoms with Crippen LogP contribution in [0.1, 0.15) is 26.7 Å². The first kappa shape index (κ1) is 8.74. The predicted molar refractivity (Wildman–Crippen MR) is 43.1 cm³/mol. The van der Waals surface area contributed by atoms with Gasteiger partial charge in [-0.25, -0.2) is 0 Å². The second kappa shape index (κ2) is 4.60. The third-order valence-corrected chi connectivity index (χ3v) is 1.52. The molecule has 0 spiro atoms. The van der Waals surface area contributed by atoms with Crippen molar-refractivity contribution in [3.63, 3.8) is 0 Å². The molecule has 0 aliphatic rings. The Hall–Kier alpha value is -0.260. The molecule has 0 aromatic heterocycles. The SMILES string of the molecule is [CH2]C(C)CCC(C)C=C. The first-order chi connectivity index (χ1) is 4.16. The van der Waals surface area contributed by atoms with E-state index in [4.69, 9.17) is 0 Å². The molecule has 9 heavy (non-hydrogen) atoms. The molecule has 0 fully saturated rings. The van der Waals surface area contributed by atoms with Gasteiger partial charge in [0.15, 0.2) is 0 Å². The molecule has 0 rings (SSSR count). The Balaban J connectivity index is 3.16. The quantitative estimate of drug-likeness (QED) is 0.506. The van der Waals surface area contributed by atoms with Gasteiger partial charge in [-0.15, -0.1) is 6.58 Å². The minimum atomic E-state index is 0.590. The van der Waals surface area contributed by atoms with E-state index in [0.29, 0.717) is 11.8 Å². The third kappa shape index (κ3) is 5.61. The lowest BCUT2D eigenvalue weighted by atomic mass is 10.00. The molecule has 0 nitrogen and oxygen atoms in total. The normalized spacial score (nSPS) is 13.8. The van der Waals surface area contributed by atoms with Gasteiger partial charge in [-0.2, -0.15) is 0 Å². The molecule has 1 radical (unpaired) electrons. The van der Waals surface area contributed by atoms with Crippen molar-refractivity contribution in [2.24, 2.45) is 11.8 Å². The van der Waals surface area contributed by atoms with Gasteiger partial charge in [0.05, 0.1) is 0 Å². The lowest BCUT2D eigenvalue weighted by molar-refractivity contribution is 0.534. The van der Waals surface area contributed by atoms with Crippen LogP contribution in [0.15, 0.2) is 12.7 Å². The molecule has 2 unspecified atom stereocenters. The van der Waals surface area contributed by atoms with Gasteiger partial charge in [0, 0.05) is 0 Å². The molecule has 0 bridgehead atoms. The Morgan fingerprint density at radius 1 is 1.33 bits per heavy atom. The molecule has 0 heterocycles. The van der Waals surface area contributed by atoms with Crippen LogP contribution in [-0.4, -0.2) is 0 Å². The molecule has 53 valence electrons. The van der Waals surface area contributed by atoms with E-state index in [1.165, 1.54) is 12.8 Å². The topological polar surface area (TPSA) is 0 Å². The van der Waals surface area contributed by atoms with E-state index in [0.717, 1.165) is 0 Å². The van der Waals surface area contributed by atoms with E-state index < -0.39 is 0 Å². The van der Waals surface area contributed by atoms with Gasteiger partial charge in [0.1, 0.15) is 0 Å².